The number of fused-ring (bicyclic) bond motifs is 1. The first kappa shape index (κ1) is 20.5. The number of likely N-dealkylation sites (tertiary alicyclic amines) is 1. The van der Waals surface area contributed by atoms with E-state index in [9.17, 15) is 13.2 Å². The standard InChI is InChI=1S/C21H31N3O4S/c1-2-24-15-21(16-28-18-9-5-6-10-19(18)29(24,26)27)11-13-23(14-12-21)20(25)22-17-7-3-4-8-17/h5-6,9-10,17H,2-4,7-8,11-16H2,1H3,(H,22,25). The summed E-state index contributed by atoms with van der Waals surface area (Å²) in [5.74, 6) is 0.423. The molecule has 0 radical (unpaired) electrons. The number of sulfonamides is 1. The molecule has 1 N–H and O–H groups in total. The van der Waals surface area contributed by atoms with E-state index in [4.69, 9.17) is 4.74 Å². The average molecular weight is 422 g/mol. The van der Waals surface area contributed by atoms with Crippen molar-refractivity contribution in [3.8, 4) is 5.75 Å². The van der Waals surface area contributed by atoms with Gasteiger partial charge in [-0.3, -0.25) is 0 Å². The van der Waals surface area contributed by atoms with Gasteiger partial charge in [0.1, 0.15) is 10.6 Å². The summed E-state index contributed by atoms with van der Waals surface area (Å²) in [6.07, 6.45) is 5.99. The lowest BCUT2D eigenvalue weighted by atomic mass is 9.79. The van der Waals surface area contributed by atoms with Crippen LogP contribution in [0.15, 0.2) is 29.2 Å². The van der Waals surface area contributed by atoms with Crippen molar-refractivity contribution < 1.29 is 17.9 Å². The van der Waals surface area contributed by atoms with E-state index in [1.165, 1.54) is 12.8 Å². The minimum atomic E-state index is -3.60. The lowest BCUT2D eigenvalue weighted by Crippen LogP contribution is -2.54. The summed E-state index contributed by atoms with van der Waals surface area (Å²) in [7, 11) is -3.60. The van der Waals surface area contributed by atoms with Crippen LogP contribution in [0.25, 0.3) is 0 Å². The Hall–Kier alpha value is -1.80. The second-order valence-corrected chi connectivity index (χ2v) is 10.5. The molecule has 1 spiro atoms. The van der Waals surface area contributed by atoms with Crippen LogP contribution in [-0.2, 0) is 10.0 Å². The minimum absolute atomic E-state index is 0.0174. The molecule has 8 heteroatoms. The monoisotopic (exact) mass is 421 g/mol. The highest BCUT2D eigenvalue weighted by atomic mass is 32.2. The number of piperidine rings is 1. The van der Waals surface area contributed by atoms with E-state index >= 15 is 0 Å². The molecule has 1 aromatic carbocycles. The molecule has 2 amide bonds. The van der Waals surface area contributed by atoms with Gasteiger partial charge < -0.3 is 15.0 Å². The smallest absolute Gasteiger partial charge is 0.317 e. The number of hydrogen-bond acceptors (Lipinski definition) is 4. The zero-order chi connectivity index (χ0) is 20.5. The van der Waals surface area contributed by atoms with Crippen LogP contribution in [-0.4, -0.2) is 62.5 Å². The topological polar surface area (TPSA) is 79.0 Å². The van der Waals surface area contributed by atoms with Gasteiger partial charge >= 0.3 is 6.03 Å². The van der Waals surface area contributed by atoms with Crippen LogP contribution >= 0.6 is 0 Å². The highest BCUT2D eigenvalue weighted by Gasteiger charge is 2.43. The highest BCUT2D eigenvalue weighted by molar-refractivity contribution is 7.89. The number of rotatable bonds is 2. The van der Waals surface area contributed by atoms with Crippen molar-refractivity contribution in [3.05, 3.63) is 24.3 Å². The summed E-state index contributed by atoms with van der Waals surface area (Å²) in [6.45, 7) is 4.44. The molecule has 0 bridgehead atoms. The van der Waals surface area contributed by atoms with E-state index in [0.29, 0.717) is 44.6 Å². The molecular formula is C21H31N3O4S. The van der Waals surface area contributed by atoms with Crippen LogP contribution in [0.1, 0.15) is 45.4 Å². The van der Waals surface area contributed by atoms with Gasteiger partial charge in [0.2, 0.25) is 10.0 Å². The molecule has 4 rings (SSSR count). The average Bonchev–Trinajstić information content (AvgIpc) is 3.23. The van der Waals surface area contributed by atoms with Crippen LogP contribution in [0.4, 0.5) is 4.79 Å². The summed E-state index contributed by atoms with van der Waals surface area (Å²) in [6, 6.07) is 7.19. The molecule has 2 aliphatic heterocycles. The number of carbonyl (C=O) groups is 1. The molecule has 2 heterocycles. The maximum Gasteiger partial charge on any atom is 0.317 e. The van der Waals surface area contributed by atoms with Crippen molar-refractivity contribution in [1.29, 1.82) is 0 Å². The normalized spacial score (nSPS) is 24.4. The lowest BCUT2D eigenvalue weighted by molar-refractivity contribution is 0.0459. The highest BCUT2D eigenvalue weighted by Crippen LogP contribution is 2.39. The number of nitrogens with one attached hydrogen (secondary N) is 1. The fourth-order valence-corrected chi connectivity index (χ4v) is 6.46. The molecule has 160 valence electrons. The van der Waals surface area contributed by atoms with E-state index in [2.05, 4.69) is 5.32 Å². The van der Waals surface area contributed by atoms with E-state index in [1.807, 2.05) is 11.8 Å². The number of amides is 2. The Balaban J connectivity index is 1.48. The van der Waals surface area contributed by atoms with Crippen molar-refractivity contribution in [2.45, 2.75) is 56.4 Å². The number of benzene rings is 1. The Kier molecular flexibility index (Phi) is 5.75. The predicted molar refractivity (Wildman–Crippen MR) is 110 cm³/mol. The Morgan fingerprint density at radius 1 is 1.21 bits per heavy atom. The van der Waals surface area contributed by atoms with Crippen LogP contribution in [0, 0.1) is 5.41 Å². The van der Waals surface area contributed by atoms with Gasteiger partial charge in [-0.15, -0.1) is 0 Å². The van der Waals surface area contributed by atoms with E-state index in [0.717, 1.165) is 25.7 Å². The lowest BCUT2D eigenvalue weighted by Gasteiger charge is -2.44. The summed E-state index contributed by atoms with van der Waals surface area (Å²) < 4.78 is 33.9. The van der Waals surface area contributed by atoms with Crippen molar-refractivity contribution in [2.75, 3.05) is 32.8 Å². The zero-order valence-electron chi connectivity index (χ0n) is 17.1. The molecule has 1 aliphatic carbocycles. The maximum atomic E-state index is 13.2. The second kappa shape index (κ2) is 8.14. The van der Waals surface area contributed by atoms with Crippen molar-refractivity contribution in [1.82, 2.24) is 14.5 Å². The van der Waals surface area contributed by atoms with Crippen LogP contribution in [0.3, 0.4) is 0 Å². The molecular weight excluding hydrogens is 390 g/mol. The third kappa shape index (κ3) is 4.10. The fraction of sp³-hybridized carbons (Fsp3) is 0.667. The number of carbonyl (C=O) groups excluding carboxylic acids is 1. The molecule has 7 nitrogen and oxygen atoms in total. The molecule has 3 aliphatic rings. The number of urea groups is 1. The van der Waals surface area contributed by atoms with Gasteiger partial charge in [0.25, 0.3) is 0 Å². The number of ether oxygens (including phenoxy) is 1. The minimum Gasteiger partial charge on any atom is -0.492 e. The SMILES string of the molecule is CCN1CC2(CCN(C(=O)NC3CCCC3)CC2)COc2ccccc2S1(=O)=O. The van der Waals surface area contributed by atoms with Gasteiger partial charge in [-0.25, -0.2) is 13.2 Å². The Morgan fingerprint density at radius 2 is 1.90 bits per heavy atom. The Bertz CT molecular complexity index is 843. The summed E-state index contributed by atoms with van der Waals surface area (Å²) >= 11 is 0. The van der Waals surface area contributed by atoms with Crippen molar-refractivity contribution >= 4 is 16.1 Å². The largest absolute Gasteiger partial charge is 0.492 e. The van der Waals surface area contributed by atoms with Gasteiger partial charge in [0, 0.05) is 37.6 Å². The predicted octanol–water partition coefficient (Wildman–Crippen LogP) is 2.82. The van der Waals surface area contributed by atoms with Crippen molar-refractivity contribution in [2.24, 2.45) is 5.41 Å². The molecule has 0 unspecified atom stereocenters. The summed E-state index contributed by atoms with van der Waals surface area (Å²) in [4.78, 5) is 14.7. The van der Waals surface area contributed by atoms with E-state index < -0.39 is 10.0 Å². The van der Waals surface area contributed by atoms with Gasteiger partial charge in [-0.1, -0.05) is 31.9 Å². The van der Waals surface area contributed by atoms with E-state index in [1.54, 1.807) is 28.6 Å². The van der Waals surface area contributed by atoms with Crippen LogP contribution < -0.4 is 10.1 Å². The molecule has 1 saturated heterocycles. The van der Waals surface area contributed by atoms with Gasteiger partial charge in [-0.05, 0) is 37.8 Å². The van der Waals surface area contributed by atoms with E-state index in [-0.39, 0.29) is 16.3 Å². The van der Waals surface area contributed by atoms with Crippen LogP contribution in [0.2, 0.25) is 0 Å². The van der Waals surface area contributed by atoms with Crippen LogP contribution in [0.5, 0.6) is 5.75 Å². The first-order valence-electron chi connectivity index (χ1n) is 10.7. The Labute approximate surface area is 173 Å². The fourth-order valence-electron chi connectivity index (χ4n) is 4.76. The summed E-state index contributed by atoms with van der Waals surface area (Å²) in [5, 5.41) is 3.16. The first-order chi connectivity index (χ1) is 13.9. The first-order valence-corrected chi connectivity index (χ1v) is 12.1. The summed E-state index contributed by atoms with van der Waals surface area (Å²) in [5.41, 5.74) is -0.277. The number of para-hydroxylation sites is 1. The van der Waals surface area contributed by atoms with Gasteiger partial charge in [0.15, 0.2) is 0 Å². The molecule has 1 aromatic rings. The second-order valence-electron chi connectivity index (χ2n) is 8.58. The number of hydrogen-bond donors (Lipinski definition) is 1. The van der Waals surface area contributed by atoms with Gasteiger partial charge in [0.05, 0.1) is 6.61 Å². The molecule has 29 heavy (non-hydrogen) atoms. The molecule has 0 aromatic heterocycles. The molecule has 2 fully saturated rings. The molecule has 0 atom stereocenters. The third-order valence-corrected chi connectivity index (χ3v) is 8.62. The van der Waals surface area contributed by atoms with Gasteiger partial charge in [-0.2, -0.15) is 4.31 Å². The quantitative estimate of drug-likeness (QED) is 0.796. The maximum absolute atomic E-state index is 13.2. The molecule has 1 saturated carbocycles. The zero-order valence-corrected chi connectivity index (χ0v) is 17.9. The Morgan fingerprint density at radius 3 is 2.59 bits per heavy atom. The number of nitrogens with zero attached hydrogens (tertiary/aromatic N) is 2. The van der Waals surface area contributed by atoms with Crippen molar-refractivity contribution in [3.63, 3.8) is 0 Å². The third-order valence-electron chi connectivity index (χ3n) is 6.66.